The summed E-state index contributed by atoms with van der Waals surface area (Å²) in [5.74, 6) is 0.419. The van der Waals surface area contributed by atoms with Gasteiger partial charge in [-0.25, -0.2) is 4.98 Å². The highest BCUT2D eigenvalue weighted by Gasteiger charge is 2.13. The number of pyridine rings is 1. The summed E-state index contributed by atoms with van der Waals surface area (Å²) in [4.78, 5) is 8.22. The lowest BCUT2D eigenvalue weighted by Gasteiger charge is -2.07. The van der Waals surface area contributed by atoms with Crippen LogP contribution in [-0.2, 0) is 0 Å². The van der Waals surface area contributed by atoms with Gasteiger partial charge in [-0.05, 0) is 12.1 Å². The van der Waals surface area contributed by atoms with Crippen LogP contribution < -0.4 is 0 Å². The van der Waals surface area contributed by atoms with E-state index in [-0.39, 0.29) is 0 Å². The minimum absolute atomic E-state index is 0.419. The van der Waals surface area contributed by atoms with E-state index in [4.69, 9.17) is 0 Å². The Balaban J connectivity index is 2.06. The molecule has 2 heterocycles. The number of hydrogen-bond acceptors (Lipinski definition) is 4. The molecule has 17 heavy (non-hydrogen) atoms. The third-order valence-corrected chi connectivity index (χ3v) is 2.62. The van der Waals surface area contributed by atoms with E-state index in [9.17, 15) is 5.11 Å². The Morgan fingerprint density at radius 3 is 2.88 bits per heavy atom. The molecule has 0 saturated carbocycles. The maximum absolute atomic E-state index is 10.1. The standard InChI is InChI=1S/C12H10N4O/c17-11(12-14-7-15-16-12)9-5-8-3-1-2-4-10(8)13-6-9/h1-7,11,17H,(H,14,15,16). The number of H-pyrrole nitrogens is 1. The average molecular weight is 226 g/mol. The molecular weight excluding hydrogens is 216 g/mol. The Morgan fingerprint density at radius 2 is 2.06 bits per heavy atom. The van der Waals surface area contributed by atoms with E-state index in [2.05, 4.69) is 20.2 Å². The third-order valence-electron chi connectivity index (χ3n) is 2.62. The van der Waals surface area contributed by atoms with Gasteiger partial charge in [-0.3, -0.25) is 10.1 Å². The predicted octanol–water partition coefficient (Wildman–Crippen LogP) is 1.43. The van der Waals surface area contributed by atoms with Crippen molar-refractivity contribution < 1.29 is 5.11 Å². The summed E-state index contributed by atoms with van der Waals surface area (Å²) in [5, 5.41) is 17.4. The zero-order chi connectivity index (χ0) is 11.7. The highest BCUT2D eigenvalue weighted by molar-refractivity contribution is 5.78. The third kappa shape index (κ3) is 1.76. The molecule has 5 heteroatoms. The molecule has 0 aliphatic heterocycles. The summed E-state index contributed by atoms with van der Waals surface area (Å²) in [6, 6.07) is 9.66. The highest BCUT2D eigenvalue weighted by atomic mass is 16.3. The highest BCUT2D eigenvalue weighted by Crippen LogP contribution is 2.21. The fraction of sp³-hybridized carbons (Fsp3) is 0.0833. The predicted molar refractivity (Wildman–Crippen MR) is 62.2 cm³/mol. The molecule has 0 bridgehead atoms. The minimum atomic E-state index is -0.824. The Hall–Kier alpha value is -2.27. The molecule has 84 valence electrons. The van der Waals surface area contributed by atoms with Gasteiger partial charge in [-0.15, -0.1) is 0 Å². The summed E-state index contributed by atoms with van der Waals surface area (Å²) in [5.41, 5.74) is 1.60. The summed E-state index contributed by atoms with van der Waals surface area (Å²) < 4.78 is 0. The van der Waals surface area contributed by atoms with Crippen LogP contribution in [0.25, 0.3) is 10.9 Å². The van der Waals surface area contributed by atoms with Crippen LogP contribution in [-0.4, -0.2) is 25.3 Å². The van der Waals surface area contributed by atoms with Crippen molar-refractivity contribution >= 4 is 10.9 Å². The Kier molecular flexibility index (Phi) is 2.31. The Labute approximate surface area is 97.2 Å². The van der Waals surface area contributed by atoms with Gasteiger partial charge >= 0.3 is 0 Å². The number of fused-ring (bicyclic) bond motifs is 1. The van der Waals surface area contributed by atoms with E-state index in [1.165, 1.54) is 6.33 Å². The average Bonchev–Trinajstić information content (AvgIpc) is 2.91. The summed E-state index contributed by atoms with van der Waals surface area (Å²) in [6.45, 7) is 0. The lowest BCUT2D eigenvalue weighted by atomic mass is 10.1. The van der Waals surface area contributed by atoms with E-state index in [1.54, 1.807) is 6.20 Å². The van der Waals surface area contributed by atoms with Crippen LogP contribution >= 0.6 is 0 Å². The molecule has 1 atom stereocenters. The van der Waals surface area contributed by atoms with Gasteiger partial charge in [0.2, 0.25) is 0 Å². The summed E-state index contributed by atoms with van der Waals surface area (Å²) in [7, 11) is 0. The first kappa shape index (κ1) is 9.92. The van der Waals surface area contributed by atoms with Crippen molar-refractivity contribution in [3.05, 3.63) is 54.2 Å². The van der Waals surface area contributed by atoms with Gasteiger partial charge in [0.25, 0.3) is 0 Å². The molecule has 0 amide bonds. The molecule has 0 aliphatic carbocycles. The lowest BCUT2D eigenvalue weighted by Crippen LogP contribution is -2.02. The second-order valence-electron chi connectivity index (χ2n) is 3.73. The summed E-state index contributed by atoms with van der Waals surface area (Å²) in [6.07, 6.45) is 2.19. The van der Waals surface area contributed by atoms with Crippen molar-refractivity contribution in [1.29, 1.82) is 0 Å². The quantitative estimate of drug-likeness (QED) is 0.693. The Morgan fingerprint density at radius 1 is 1.18 bits per heavy atom. The number of benzene rings is 1. The SMILES string of the molecule is OC(c1cnc2ccccc2c1)c1ncn[nH]1. The van der Waals surface area contributed by atoms with Crippen molar-refractivity contribution in [3.63, 3.8) is 0 Å². The summed E-state index contributed by atoms with van der Waals surface area (Å²) >= 11 is 0. The van der Waals surface area contributed by atoms with Crippen LogP contribution in [0.2, 0.25) is 0 Å². The van der Waals surface area contributed by atoms with Crippen molar-refractivity contribution in [3.8, 4) is 0 Å². The van der Waals surface area contributed by atoms with E-state index >= 15 is 0 Å². The van der Waals surface area contributed by atoms with Crippen molar-refractivity contribution in [1.82, 2.24) is 20.2 Å². The van der Waals surface area contributed by atoms with Crippen molar-refractivity contribution in [2.24, 2.45) is 0 Å². The number of aromatic amines is 1. The number of nitrogens with zero attached hydrogens (tertiary/aromatic N) is 3. The number of aliphatic hydroxyl groups excluding tert-OH is 1. The first-order chi connectivity index (χ1) is 8.34. The number of rotatable bonds is 2. The maximum Gasteiger partial charge on any atom is 0.157 e. The van der Waals surface area contributed by atoms with Gasteiger partial charge in [-0.1, -0.05) is 18.2 Å². The molecule has 0 spiro atoms. The molecule has 3 rings (SSSR count). The van der Waals surface area contributed by atoms with Gasteiger partial charge in [0.05, 0.1) is 5.52 Å². The number of aliphatic hydroxyl groups is 1. The number of nitrogens with one attached hydrogen (secondary N) is 1. The van der Waals surface area contributed by atoms with Crippen LogP contribution in [0, 0.1) is 0 Å². The minimum Gasteiger partial charge on any atom is -0.380 e. The molecule has 1 aromatic carbocycles. The molecule has 2 N–H and O–H groups in total. The molecule has 5 nitrogen and oxygen atoms in total. The monoisotopic (exact) mass is 226 g/mol. The fourth-order valence-corrected chi connectivity index (χ4v) is 1.74. The van der Waals surface area contributed by atoms with Crippen LogP contribution in [0.5, 0.6) is 0 Å². The second kappa shape index (κ2) is 3.95. The van der Waals surface area contributed by atoms with Gasteiger partial charge in [-0.2, -0.15) is 5.10 Å². The maximum atomic E-state index is 10.1. The topological polar surface area (TPSA) is 74.7 Å². The van der Waals surface area contributed by atoms with Gasteiger partial charge in [0, 0.05) is 17.1 Å². The number of para-hydroxylation sites is 1. The molecule has 0 fully saturated rings. The molecule has 2 aromatic heterocycles. The fourth-order valence-electron chi connectivity index (χ4n) is 1.74. The Bertz CT molecular complexity index is 636. The van der Waals surface area contributed by atoms with Gasteiger partial charge in [0.15, 0.2) is 5.82 Å². The van der Waals surface area contributed by atoms with E-state index in [0.29, 0.717) is 11.4 Å². The smallest absolute Gasteiger partial charge is 0.157 e. The molecule has 0 saturated heterocycles. The molecule has 1 unspecified atom stereocenters. The van der Waals surface area contributed by atoms with Crippen LogP contribution in [0.1, 0.15) is 17.5 Å². The molecule has 3 aromatic rings. The van der Waals surface area contributed by atoms with Crippen LogP contribution in [0.4, 0.5) is 0 Å². The molecular formula is C12H10N4O. The van der Waals surface area contributed by atoms with Crippen molar-refractivity contribution in [2.45, 2.75) is 6.10 Å². The van der Waals surface area contributed by atoms with Crippen LogP contribution in [0.15, 0.2) is 42.9 Å². The zero-order valence-corrected chi connectivity index (χ0v) is 8.91. The van der Waals surface area contributed by atoms with E-state index < -0.39 is 6.10 Å². The van der Waals surface area contributed by atoms with Gasteiger partial charge in [0.1, 0.15) is 12.4 Å². The molecule has 0 aliphatic rings. The normalized spacial score (nSPS) is 12.8. The number of aromatic nitrogens is 4. The first-order valence-electron chi connectivity index (χ1n) is 5.22. The van der Waals surface area contributed by atoms with E-state index in [1.807, 2.05) is 30.3 Å². The first-order valence-corrected chi connectivity index (χ1v) is 5.22. The largest absolute Gasteiger partial charge is 0.380 e. The van der Waals surface area contributed by atoms with Gasteiger partial charge < -0.3 is 5.11 Å². The van der Waals surface area contributed by atoms with Crippen molar-refractivity contribution in [2.75, 3.05) is 0 Å². The zero-order valence-electron chi connectivity index (χ0n) is 8.91. The van der Waals surface area contributed by atoms with E-state index in [0.717, 1.165) is 10.9 Å². The van der Waals surface area contributed by atoms with Crippen LogP contribution in [0.3, 0.4) is 0 Å². The second-order valence-corrected chi connectivity index (χ2v) is 3.73. The molecule has 0 radical (unpaired) electrons. The lowest BCUT2D eigenvalue weighted by molar-refractivity contribution is 0.210. The number of hydrogen-bond donors (Lipinski definition) is 2.